The van der Waals surface area contributed by atoms with Gasteiger partial charge >= 0.3 is 0 Å². The molecule has 0 unspecified atom stereocenters. The molecule has 21 heavy (non-hydrogen) atoms. The lowest BCUT2D eigenvalue weighted by Gasteiger charge is -2.19. The summed E-state index contributed by atoms with van der Waals surface area (Å²) in [4.78, 5) is 0. The van der Waals surface area contributed by atoms with Crippen molar-refractivity contribution in [1.82, 2.24) is 15.5 Å². The lowest BCUT2D eigenvalue weighted by Crippen LogP contribution is -2.36. The first-order valence-electron chi connectivity index (χ1n) is 6.88. The third kappa shape index (κ3) is 5.34. The summed E-state index contributed by atoms with van der Waals surface area (Å²) >= 11 is 5.79. The topological polar surface area (TPSA) is 51.0 Å². The summed E-state index contributed by atoms with van der Waals surface area (Å²) in [7, 11) is 0. The van der Waals surface area contributed by atoms with Crippen molar-refractivity contribution in [3.8, 4) is 11.5 Å². The third-order valence-corrected chi connectivity index (χ3v) is 4.21. The standard InChI is InChI=1S/C15H19BrIN3O/c1-15(2,3)18-8-4-5-13-19-20-14(21-13)11-9-10(17)6-7-12(11)16/h6-7,9,18H,4-5,8H2,1-3H3. The van der Waals surface area contributed by atoms with Gasteiger partial charge in [0.15, 0.2) is 0 Å². The second-order valence-corrected chi connectivity index (χ2v) is 8.01. The Balaban J connectivity index is 1.97. The van der Waals surface area contributed by atoms with Crippen LogP contribution in [0.4, 0.5) is 0 Å². The van der Waals surface area contributed by atoms with Crippen LogP contribution in [-0.2, 0) is 6.42 Å². The fraction of sp³-hybridized carbons (Fsp3) is 0.467. The predicted octanol–water partition coefficient (Wildman–Crippen LogP) is 4.42. The molecule has 0 saturated carbocycles. The number of benzene rings is 1. The van der Waals surface area contributed by atoms with Crippen molar-refractivity contribution in [2.75, 3.05) is 6.54 Å². The molecule has 0 aliphatic rings. The maximum Gasteiger partial charge on any atom is 0.248 e. The quantitative estimate of drug-likeness (QED) is 0.526. The molecule has 0 aliphatic carbocycles. The normalized spacial score (nSPS) is 11.9. The Kier molecular flexibility index (Phi) is 5.79. The van der Waals surface area contributed by atoms with Gasteiger partial charge in [-0.05, 0) is 90.5 Å². The van der Waals surface area contributed by atoms with Gasteiger partial charge in [-0.3, -0.25) is 0 Å². The molecule has 1 aromatic carbocycles. The minimum absolute atomic E-state index is 0.144. The molecule has 0 spiro atoms. The number of aryl methyl sites for hydroxylation is 1. The Morgan fingerprint density at radius 3 is 2.76 bits per heavy atom. The summed E-state index contributed by atoms with van der Waals surface area (Å²) in [6, 6.07) is 6.06. The zero-order valence-electron chi connectivity index (χ0n) is 12.4. The molecule has 0 amide bonds. The maximum absolute atomic E-state index is 5.75. The lowest BCUT2D eigenvalue weighted by atomic mass is 10.1. The van der Waals surface area contributed by atoms with Gasteiger partial charge in [0.25, 0.3) is 0 Å². The van der Waals surface area contributed by atoms with E-state index in [-0.39, 0.29) is 5.54 Å². The first-order valence-corrected chi connectivity index (χ1v) is 8.75. The number of nitrogens with zero attached hydrogens (tertiary/aromatic N) is 2. The van der Waals surface area contributed by atoms with E-state index in [9.17, 15) is 0 Å². The summed E-state index contributed by atoms with van der Waals surface area (Å²) in [5.41, 5.74) is 1.08. The Bertz CT molecular complexity index is 607. The van der Waals surface area contributed by atoms with Crippen LogP contribution in [0.15, 0.2) is 27.1 Å². The van der Waals surface area contributed by atoms with Crippen molar-refractivity contribution in [2.45, 2.75) is 39.2 Å². The highest BCUT2D eigenvalue weighted by Crippen LogP contribution is 2.28. The average Bonchev–Trinajstić information content (AvgIpc) is 2.85. The fourth-order valence-electron chi connectivity index (χ4n) is 1.83. The molecule has 1 N–H and O–H groups in total. The van der Waals surface area contributed by atoms with Crippen LogP contribution in [0.5, 0.6) is 0 Å². The van der Waals surface area contributed by atoms with E-state index in [1.54, 1.807) is 0 Å². The summed E-state index contributed by atoms with van der Waals surface area (Å²) in [6.45, 7) is 7.42. The van der Waals surface area contributed by atoms with E-state index in [1.165, 1.54) is 0 Å². The van der Waals surface area contributed by atoms with Crippen LogP contribution in [0.3, 0.4) is 0 Å². The number of hydrogen-bond donors (Lipinski definition) is 1. The first kappa shape index (κ1) is 16.9. The van der Waals surface area contributed by atoms with Gasteiger partial charge in [0, 0.05) is 20.0 Å². The van der Waals surface area contributed by atoms with Gasteiger partial charge in [0.05, 0.1) is 5.56 Å². The minimum atomic E-state index is 0.144. The molecule has 6 heteroatoms. The van der Waals surface area contributed by atoms with E-state index in [0.717, 1.165) is 33.0 Å². The Morgan fingerprint density at radius 1 is 1.29 bits per heavy atom. The highest BCUT2D eigenvalue weighted by atomic mass is 127. The van der Waals surface area contributed by atoms with Crippen molar-refractivity contribution in [3.05, 3.63) is 32.1 Å². The number of rotatable bonds is 5. The number of nitrogens with one attached hydrogen (secondary N) is 1. The monoisotopic (exact) mass is 463 g/mol. The summed E-state index contributed by atoms with van der Waals surface area (Å²) in [5.74, 6) is 1.26. The van der Waals surface area contributed by atoms with Gasteiger partial charge in [0.1, 0.15) is 0 Å². The molecule has 1 heterocycles. The van der Waals surface area contributed by atoms with E-state index >= 15 is 0 Å². The van der Waals surface area contributed by atoms with E-state index in [1.807, 2.05) is 18.2 Å². The molecule has 0 atom stereocenters. The molecule has 0 fully saturated rings. The first-order chi connectivity index (χ1) is 9.85. The van der Waals surface area contributed by atoms with Crippen LogP contribution in [0, 0.1) is 3.57 Å². The molecule has 0 bridgehead atoms. The van der Waals surface area contributed by atoms with E-state index in [2.05, 4.69) is 74.8 Å². The Hall–Kier alpha value is -0.470. The van der Waals surface area contributed by atoms with Gasteiger partial charge in [0.2, 0.25) is 11.8 Å². The maximum atomic E-state index is 5.75. The molecule has 114 valence electrons. The van der Waals surface area contributed by atoms with Gasteiger partial charge in [-0.1, -0.05) is 0 Å². The minimum Gasteiger partial charge on any atom is -0.421 e. The van der Waals surface area contributed by atoms with Gasteiger partial charge in [-0.15, -0.1) is 10.2 Å². The molecule has 2 aromatic rings. The predicted molar refractivity (Wildman–Crippen MR) is 96.2 cm³/mol. The summed E-state index contributed by atoms with van der Waals surface area (Å²) in [5, 5.41) is 11.7. The highest BCUT2D eigenvalue weighted by molar-refractivity contribution is 14.1. The van der Waals surface area contributed by atoms with Crippen LogP contribution in [0.25, 0.3) is 11.5 Å². The molecular formula is C15H19BrIN3O. The summed E-state index contributed by atoms with van der Waals surface area (Å²) < 4.78 is 7.86. The second-order valence-electron chi connectivity index (χ2n) is 5.91. The van der Waals surface area contributed by atoms with Crippen molar-refractivity contribution >= 4 is 38.5 Å². The molecule has 0 aliphatic heterocycles. The fourth-order valence-corrected chi connectivity index (χ4v) is 2.74. The number of hydrogen-bond acceptors (Lipinski definition) is 4. The SMILES string of the molecule is CC(C)(C)NCCCc1nnc(-c2cc(I)ccc2Br)o1. The zero-order chi connectivity index (χ0) is 15.5. The highest BCUT2D eigenvalue weighted by Gasteiger charge is 2.13. The third-order valence-electron chi connectivity index (χ3n) is 2.85. The Labute approximate surface area is 147 Å². The van der Waals surface area contributed by atoms with E-state index in [4.69, 9.17) is 4.42 Å². The molecular weight excluding hydrogens is 445 g/mol. The molecule has 1 aromatic heterocycles. The van der Waals surface area contributed by atoms with Crippen LogP contribution in [0.1, 0.15) is 33.1 Å². The smallest absolute Gasteiger partial charge is 0.248 e. The van der Waals surface area contributed by atoms with Crippen LogP contribution in [-0.4, -0.2) is 22.3 Å². The molecule has 0 saturated heterocycles. The average molecular weight is 464 g/mol. The van der Waals surface area contributed by atoms with Crippen molar-refractivity contribution in [1.29, 1.82) is 0 Å². The second kappa shape index (κ2) is 7.19. The van der Waals surface area contributed by atoms with Gasteiger partial charge in [-0.2, -0.15) is 0 Å². The van der Waals surface area contributed by atoms with Crippen LogP contribution >= 0.6 is 38.5 Å². The van der Waals surface area contributed by atoms with Crippen LogP contribution in [0.2, 0.25) is 0 Å². The van der Waals surface area contributed by atoms with Gasteiger partial charge in [-0.25, -0.2) is 0 Å². The van der Waals surface area contributed by atoms with E-state index in [0.29, 0.717) is 11.8 Å². The summed E-state index contributed by atoms with van der Waals surface area (Å²) in [6.07, 6.45) is 1.77. The molecule has 0 radical (unpaired) electrons. The largest absolute Gasteiger partial charge is 0.421 e. The lowest BCUT2D eigenvalue weighted by molar-refractivity contribution is 0.412. The van der Waals surface area contributed by atoms with Crippen molar-refractivity contribution in [2.24, 2.45) is 0 Å². The molecule has 4 nitrogen and oxygen atoms in total. The van der Waals surface area contributed by atoms with Crippen molar-refractivity contribution in [3.63, 3.8) is 0 Å². The van der Waals surface area contributed by atoms with Crippen LogP contribution < -0.4 is 5.32 Å². The van der Waals surface area contributed by atoms with Crippen molar-refractivity contribution < 1.29 is 4.42 Å². The zero-order valence-corrected chi connectivity index (χ0v) is 16.2. The van der Waals surface area contributed by atoms with E-state index < -0.39 is 0 Å². The number of halogens is 2. The van der Waals surface area contributed by atoms with Gasteiger partial charge < -0.3 is 9.73 Å². The molecule has 2 rings (SSSR count). The Morgan fingerprint density at radius 2 is 2.05 bits per heavy atom. The number of aromatic nitrogens is 2.